The third kappa shape index (κ3) is 4.34. The predicted octanol–water partition coefficient (Wildman–Crippen LogP) is -0.391. The summed E-state index contributed by atoms with van der Waals surface area (Å²) >= 11 is 0. The minimum Gasteiger partial charge on any atom is -0.377 e. The van der Waals surface area contributed by atoms with Gasteiger partial charge in [0, 0.05) is 19.2 Å². The second-order valence-corrected chi connectivity index (χ2v) is 4.29. The summed E-state index contributed by atoms with van der Waals surface area (Å²) in [6, 6.07) is 1.71. The zero-order chi connectivity index (χ0) is 14.4. The number of nitrogens with two attached hydrogens (primary N) is 2. The summed E-state index contributed by atoms with van der Waals surface area (Å²) in [5.41, 5.74) is 7.71. The van der Waals surface area contributed by atoms with Gasteiger partial charge >= 0.3 is 0 Å². The molecule has 0 radical (unpaired) electrons. The van der Waals surface area contributed by atoms with Crippen LogP contribution in [0, 0.1) is 0 Å². The lowest BCUT2D eigenvalue weighted by Gasteiger charge is -2.27. The molecule has 0 aliphatic heterocycles. The van der Waals surface area contributed by atoms with Crippen molar-refractivity contribution in [3.05, 3.63) is 11.9 Å². The third-order valence-corrected chi connectivity index (χ3v) is 2.42. The van der Waals surface area contributed by atoms with Gasteiger partial charge in [0.15, 0.2) is 5.82 Å². The normalized spacial score (nSPS) is 10.6. The zero-order valence-corrected chi connectivity index (χ0v) is 11.4. The first-order valence-electron chi connectivity index (χ1n) is 5.86. The van der Waals surface area contributed by atoms with Crippen LogP contribution in [0.3, 0.4) is 0 Å². The summed E-state index contributed by atoms with van der Waals surface area (Å²) in [6.07, 6.45) is 0. The van der Waals surface area contributed by atoms with E-state index < -0.39 is 5.91 Å². The third-order valence-electron chi connectivity index (χ3n) is 2.42. The van der Waals surface area contributed by atoms with Crippen molar-refractivity contribution in [1.82, 2.24) is 9.97 Å². The SMILES string of the molecule is COCc1nc(NN)cc(N(CC(N)=O)C(C)C)n1. The van der Waals surface area contributed by atoms with E-state index in [0.29, 0.717) is 17.5 Å². The molecule has 0 aliphatic carbocycles. The fourth-order valence-electron chi connectivity index (χ4n) is 1.59. The Morgan fingerprint density at radius 1 is 1.53 bits per heavy atom. The van der Waals surface area contributed by atoms with Crippen LogP contribution < -0.4 is 21.9 Å². The number of rotatable bonds is 7. The second kappa shape index (κ2) is 6.86. The van der Waals surface area contributed by atoms with Crippen molar-refractivity contribution in [2.24, 2.45) is 11.6 Å². The van der Waals surface area contributed by atoms with Crippen molar-refractivity contribution < 1.29 is 9.53 Å². The maximum Gasteiger partial charge on any atom is 0.237 e. The highest BCUT2D eigenvalue weighted by Crippen LogP contribution is 2.18. The lowest BCUT2D eigenvalue weighted by Crippen LogP contribution is -2.39. The molecule has 106 valence electrons. The van der Waals surface area contributed by atoms with Gasteiger partial charge in [0.05, 0.1) is 6.54 Å². The van der Waals surface area contributed by atoms with Gasteiger partial charge in [0.1, 0.15) is 18.2 Å². The molecule has 0 fully saturated rings. The van der Waals surface area contributed by atoms with Crippen LogP contribution in [0.2, 0.25) is 0 Å². The van der Waals surface area contributed by atoms with Gasteiger partial charge < -0.3 is 20.8 Å². The molecule has 0 aliphatic rings. The molecule has 5 N–H and O–H groups in total. The van der Waals surface area contributed by atoms with E-state index in [9.17, 15) is 4.79 Å². The van der Waals surface area contributed by atoms with Crippen molar-refractivity contribution in [2.45, 2.75) is 26.5 Å². The summed E-state index contributed by atoms with van der Waals surface area (Å²) < 4.78 is 5.00. The Morgan fingerprint density at radius 2 is 2.21 bits per heavy atom. The first-order chi connectivity index (χ1) is 8.97. The van der Waals surface area contributed by atoms with Crippen LogP contribution in [0.15, 0.2) is 6.07 Å². The van der Waals surface area contributed by atoms with Crippen molar-refractivity contribution in [3.8, 4) is 0 Å². The standard InChI is InChI=1S/C11H20N6O2/c1-7(2)17(5-8(12)18)11-4-9(16-13)14-10(15-11)6-19-3/h4,7H,5-6,13H2,1-3H3,(H2,12,18)(H,14,15,16). The average Bonchev–Trinajstić information content (AvgIpc) is 2.35. The molecular formula is C11H20N6O2. The van der Waals surface area contributed by atoms with Gasteiger partial charge in [-0.25, -0.2) is 15.8 Å². The van der Waals surface area contributed by atoms with E-state index >= 15 is 0 Å². The number of carbonyl (C=O) groups excluding carboxylic acids is 1. The Labute approximate surface area is 112 Å². The number of hydrogen-bond acceptors (Lipinski definition) is 7. The molecule has 0 spiro atoms. The highest BCUT2D eigenvalue weighted by molar-refractivity contribution is 5.79. The van der Waals surface area contributed by atoms with Crippen molar-refractivity contribution in [1.29, 1.82) is 0 Å². The van der Waals surface area contributed by atoms with E-state index in [1.165, 1.54) is 0 Å². The number of hydrazine groups is 1. The second-order valence-electron chi connectivity index (χ2n) is 4.29. The Kier molecular flexibility index (Phi) is 5.46. The molecule has 1 heterocycles. The molecule has 0 bridgehead atoms. The van der Waals surface area contributed by atoms with Gasteiger partial charge in [-0.05, 0) is 13.8 Å². The van der Waals surface area contributed by atoms with Gasteiger partial charge in [-0.15, -0.1) is 0 Å². The monoisotopic (exact) mass is 268 g/mol. The topological polar surface area (TPSA) is 119 Å². The molecule has 0 aromatic carbocycles. The Balaban J connectivity index is 3.13. The molecule has 0 unspecified atom stereocenters. The molecule has 0 atom stereocenters. The molecule has 0 saturated carbocycles. The van der Waals surface area contributed by atoms with Gasteiger partial charge in [-0.2, -0.15) is 0 Å². The van der Waals surface area contributed by atoms with Gasteiger partial charge in [0.2, 0.25) is 5.91 Å². The quantitative estimate of drug-likeness (QED) is 0.455. The fourth-order valence-corrected chi connectivity index (χ4v) is 1.59. The van der Waals surface area contributed by atoms with Crippen molar-refractivity contribution in [2.75, 3.05) is 24.0 Å². The molecule has 1 amide bonds. The number of nitrogens with one attached hydrogen (secondary N) is 1. The maximum absolute atomic E-state index is 11.1. The van der Waals surface area contributed by atoms with Gasteiger partial charge in [-0.1, -0.05) is 0 Å². The number of methoxy groups -OCH3 is 1. The molecule has 19 heavy (non-hydrogen) atoms. The summed E-state index contributed by atoms with van der Waals surface area (Å²) in [6.45, 7) is 4.21. The van der Waals surface area contributed by atoms with Crippen LogP contribution in [0.4, 0.5) is 11.6 Å². The van der Waals surface area contributed by atoms with E-state index in [1.54, 1.807) is 18.1 Å². The van der Waals surface area contributed by atoms with E-state index in [4.69, 9.17) is 16.3 Å². The molecule has 1 aromatic heterocycles. The van der Waals surface area contributed by atoms with E-state index in [-0.39, 0.29) is 19.2 Å². The number of nitrogen functional groups attached to an aromatic ring is 1. The van der Waals surface area contributed by atoms with E-state index in [0.717, 1.165) is 0 Å². The zero-order valence-electron chi connectivity index (χ0n) is 11.4. The molecule has 1 aromatic rings. The number of aromatic nitrogens is 2. The average molecular weight is 268 g/mol. The van der Waals surface area contributed by atoms with E-state index in [1.807, 2.05) is 13.8 Å². The van der Waals surface area contributed by atoms with Crippen molar-refractivity contribution >= 4 is 17.5 Å². The Morgan fingerprint density at radius 3 is 2.68 bits per heavy atom. The highest BCUT2D eigenvalue weighted by atomic mass is 16.5. The number of hydrogen-bond donors (Lipinski definition) is 3. The number of primary amides is 1. The number of ether oxygens (including phenoxy) is 1. The van der Waals surface area contributed by atoms with Crippen LogP contribution in [0.5, 0.6) is 0 Å². The number of amides is 1. The Hall–Kier alpha value is -1.93. The first-order valence-corrected chi connectivity index (χ1v) is 5.86. The molecule has 1 rings (SSSR count). The summed E-state index contributed by atoms with van der Waals surface area (Å²) in [4.78, 5) is 21.4. The summed E-state index contributed by atoms with van der Waals surface area (Å²) in [7, 11) is 1.55. The van der Waals surface area contributed by atoms with E-state index in [2.05, 4.69) is 15.4 Å². The minimum atomic E-state index is -0.428. The number of anilines is 2. The van der Waals surface area contributed by atoms with Crippen LogP contribution in [0.25, 0.3) is 0 Å². The maximum atomic E-state index is 11.1. The van der Waals surface area contributed by atoms with Gasteiger partial charge in [0.25, 0.3) is 0 Å². The fraction of sp³-hybridized carbons (Fsp3) is 0.545. The molecule has 0 saturated heterocycles. The minimum absolute atomic E-state index is 0.0587. The predicted molar refractivity (Wildman–Crippen MR) is 72.2 cm³/mol. The Bertz CT molecular complexity index is 437. The highest BCUT2D eigenvalue weighted by Gasteiger charge is 2.16. The smallest absolute Gasteiger partial charge is 0.237 e. The van der Waals surface area contributed by atoms with Crippen LogP contribution in [-0.2, 0) is 16.1 Å². The van der Waals surface area contributed by atoms with Crippen LogP contribution in [-0.4, -0.2) is 35.6 Å². The summed E-state index contributed by atoms with van der Waals surface area (Å²) in [5.74, 6) is 6.44. The summed E-state index contributed by atoms with van der Waals surface area (Å²) in [5, 5.41) is 0. The van der Waals surface area contributed by atoms with Crippen LogP contribution >= 0.6 is 0 Å². The lowest BCUT2D eigenvalue weighted by atomic mass is 10.3. The van der Waals surface area contributed by atoms with Crippen molar-refractivity contribution in [3.63, 3.8) is 0 Å². The van der Waals surface area contributed by atoms with Crippen LogP contribution in [0.1, 0.15) is 19.7 Å². The number of carbonyl (C=O) groups is 1. The number of nitrogens with zero attached hydrogens (tertiary/aromatic N) is 3. The largest absolute Gasteiger partial charge is 0.377 e. The molecule has 8 nitrogen and oxygen atoms in total. The lowest BCUT2D eigenvalue weighted by molar-refractivity contribution is -0.116. The molecular weight excluding hydrogens is 248 g/mol. The first kappa shape index (κ1) is 15.1. The molecule has 8 heteroatoms. The van der Waals surface area contributed by atoms with Gasteiger partial charge in [-0.3, -0.25) is 4.79 Å².